The molecule has 0 aromatic heterocycles. The van der Waals surface area contributed by atoms with Crippen molar-refractivity contribution in [3.8, 4) is 0 Å². The van der Waals surface area contributed by atoms with Gasteiger partial charge in [-0.25, -0.2) is 4.79 Å². The Balaban J connectivity index is 2.08. The number of hydrogen-bond donors (Lipinski definition) is 0. The Morgan fingerprint density at radius 3 is 1.62 bits per heavy atom. The van der Waals surface area contributed by atoms with Crippen LogP contribution in [-0.2, 0) is 4.74 Å². The average molecular weight is 549 g/mol. The van der Waals surface area contributed by atoms with Gasteiger partial charge in [-0.3, -0.25) is 0 Å². The van der Waals surface area contributed by atoms with Crippen LogP contribution < -0.4 is 0 Å². The Morgan fingerprint density at radius 2 is 1.10 bits per heavy atom. The quantitative estimate of drug-likeness (QED) is 0.0796. The fourth-order valence-corrected chi connectivity index (χ4v) is 5.74. The van der Waals surface area contributed by atoms with Gasteiger partial charge in [-0.2, -0.15) is 0 Å². The van der Waals surface area contributed by atoms with E-state index in [2.05, 4.69) is 42.8 Å². The molecule has 1 amide bonds. The summed E-state index contributed by atoms with van der Waals surface area (Å²) < 4.78 is 5.79. The maximum Gasteiger partial charge on any atom is 0.410 e. The molecule has 0 atom stereocenters. The first-order valence-electron chi connectivity index (χ1n) is 17.5. The fraction of sp³-hybridized carbons (Fsp3) is 0.914. The van der Waals surface area contributed by atoms with Crippen molar-refractivity contribution in [1.29, 1.82) is 0 Å². The third-order valence-electron chi connectivity index (χ3n) is 8.50. The van der Waals surface area contributed by atoms with Crippen molar-refractivity contribution >= 4 is 6.09 Å². The maximum atomic E-state index is 13.0. The highest BCUT2D eigenvalue weighted by molar-refractivity contribution is 5.68. The number of ether oxygens (including phenoxy) is 1. The molecular formula is C35H68N2O2. The van der Waals surface area contributed by atoms with Crippen LogP contribution in [0, 0.1) is 0 Å². The van der Waals surface area contributed by atoms with Gasteiger partial charge in [0.15, 0.2) is 0 Å². The number of nitrogens with zero attached hydrogens (tertiary/aromatic N) is 2. The minimum Gasteiger partial charge on any atom is -0.449 e. The summed E-state index contributed by atoms with van der Waals surface area (Å²) in [6.07, 6.45) is 35.5. The smallest absolute Gasteiger partial charge is 0.410 e. The van der Waals surface area contributed by atoms with Crippen molar-refractivity contribution in [1.82, 2.24) is 9.80 Å². The van der Waals surface area contributed by atoms with Gasteiger partial charge in [0, 0.05) is 12.6 Å². The van der Waals surface area contributed by atoms with Crippen LogP contribution in [0.5, 0.6) is 0 Å². The van der Waals surface area contributed by atoms with E-state index in [0.717, 1.165) is 45.3 Å². The van der Waals surface area contributed by atoms with Crippen molar-refractivity contribution in [2.24, 2.45) is 0 Å². The SMILES string of the molecule is CCCCCCCCC=CCCCCCCCCOC(=O)N(CCCCCCCCCC)C1CCN(C)CC1. The van der Waals surface area contributed by atoms with Crippen molar-refractivity contribution in [2.75, 3.05) is 33.3 Å². The number of carbonyl (C=O) groups excluding carboxylic acids is 1. The molecule has 0 aromatic carbocycles. The van der Waals surface area contributed by atoms with Crippen LogP contribution in [0.4, 0.5) is 4.79 Å². The summed E-state index contributed by atoms with van der Waals surface area (Å²) in [5.41, 5.74) is 0. The summed E-state index contributed by atoms with van der Waals surface area (Å²) in [4.78, 5) is 17.5. The first-order chi connectivity index (χ1) is 19.2. The Hall–Kier alpha value is -1.03. The van der Waals surface area contributed by atoms with Crippen molar-refractivity contribution in [3.63, 3.8) is 0 Å². The topological polar surface area (TPSA) is 32.8 Å². The van der Waals surface area contributed by atoms with Crippen LogP contribution in [0.15, 0.2) is 12.2 Å². The van der Waals surface area contributed by atoms with Crippen LogP contribution in [0.2, 0.25) is 0 Å². The van der Waals surface area contributed by atoms with E-state index in [1.807, 2.05) is 0 Å². The highest BCUT2D eigenvalue weighted by Crippen LogP contribution is 2.19. The first kappa shape index (κ1) is 36.0. The van der Waals surface area contributed by atoms with E-state index >= 15 is 0 Å². The normalized spacial score (nSPS) is 14.8. The van der Waals surface area contributed by atoms with Crippen LogP contribution >= 0.6 is 0 Å². The van der Waals surface area contributed by atoms with Crippen LogP contribution in [0.1, 0.15) is 168 Å². The minimum absolute atomic E-state index is 0.0553. The molecule has 230 valence electrons. The Morgan fingerprint density at radius 1 is 0.667 bits per heavy atom. The molecule has 1 saturated heterocycles. The number of allylic oxidation sites excluding steroid dienone is 2. The summed E-state index contributed by atoms with van der Waals surface area (Å²) in [6, 6.07) is 0.359. The number of piperidine rings is 1. The lowest BCUT2D eigenvalue weighted by Gasteiger charge is -2.36. The lowest BCUT2D eigenvalue weighted by atomic mass is 10.0. The largest absolute Gasteiger partial charge is 0.449 e. The summed E-state index contributed by atoms with van der Waals surface area (Å²) in [7, 11) is 2.19. The highest BCUT2D eigenvalue weighted by atomic mass is 16.6. The third-order valence-corrected chi connectivity index (χ3v) is 8.50. The molecule has 1 heterocycles. The predicted octanol–water partition coefficient (Wildman–Crippen LogP) is 10.7. The van der Waals surface area contributed by atoms with Gasteiger partial charge in [-0.15, -0.1) is 0 Å². The Labute approximate surface area is 244 Å². The molecular weight excluding hydrogens is 480 g/mol. The minimum atomic E-state index is -0.0553. The second kappa shape index (κ2) is 27.2. The fourth-order valence-electron chi connectivity index (χ4n) is 5.74. The molecule has 1 aliphatic rings. The molecule has 0 spiro atoms. The zero-order valence-corrected chi connectivity index (χ0v) is 26.7. The van der Waals surface area contributed by atoms with Crippen molar-refractivity contribution < 1.29 is 9.53 Å². The molecule has 0 bridgehead atoms. The molecule has 0 aliphatic carbocycles. The molecule has 0 saturated carbocycles. The monoisotopic (exact) mass is 549 g/mol. The van der Waals surface area contributed by atoms with E-state index in [-0.39, 0.29) is 6.09 Å². The second-order valence-corrected chi connectivity index (χ2v) is 12.3. The van der Waals surface area contributed by atoms with E-state index in [4.69, 9.17) is 4.74 Å². The lowest BCUT2D eigenvalue weighted by molar-refractivity contribution is 0.0665. The number of amides is 1. The average Bonchev–Trinajstić information content (AvgIpc) is 2.94. The van der Waals surface area contributed by atoms with Crippen molar-refractivity contribution in [2.45, 2.75) is 174 Å². The van der Waals surface area contributed by atoms with Gasteiger partial charge in [-0.05, 0) is 71.5 Å². The van der Waals surface area contributed by atoms with Gasteiger partial charge in [0.05, 0.1) is 6.61 Å². The van der Waals surface area contributed by atoms with E-state index in [9.17, 15) is 4.79 Å². The van der Waals surface area contributed by atoms with Crippen LogP contribution in [0.3, 0.4) is 0 Å². The molecule has 4 heteroatoms. The zero-order valence-electron chi connectivity index (χ0n) is 26.7. The second-order valence-electron chi connectivity index (χ2n) is 12.3. The molecule has 0 aromatic rings. The van der Waals surface area contributed by atoms with Gasteiger partial charge < -0.3 is 14.5 Å². The van der Waals surface area contributed by atoms with E-state index in [1.165, 1.54) is 128 Å². The summed E-state index contributed by atoms with van der Waals surface area (Å²) in [6.45, 7) is 8.18. The summed E-state index contributed by atoms with van der Waals surface area (Å²) in [5, 5.41) is 0. The molecule has 0 N–H and O–H groups in total. The molecule has 0 unspecified atom stereocenters. The molecule has 1 fully saturated rings. The number of unbranched alkanes of at least 4 members (excludes halogenated alkanes) is 19. The zero-order chi connectivity index (χ0) is 28.2. The van der Waals surface area contributed by atoms with Crippen LogP contribution in [0.25, 0.3) is 0 Å². The van der Waals surface area contributed by atoms with E-state index in [1.54, 1.807) is 0 Å². The number of rotatable bonds is 26. The molecule has 1 aliphatic heterocycles. The lowest BCUT2D eigenvalue weighted by Crippen LogP contribution is -2.47. The molecule has 39 heavy (non-hydrogen) atoms. The van der Waals surface area contributed by atoms with Crippen LogP contribution in [-0.4, -0.2) is 55.2 Å². The number of likely N-dealkylation sites (tertiary alicyclic amines) is 1. The molecule has 1 rings (SSSR count). The van der Waals surface area contributed by atoms with E-state index < -0.39 is 0 Å². The summed E-state index contributed by atoms with van der Waals surface area (Å²) >= 11 is 0. The Kier molecular flexibility index (Phi) is 25.1. The standard InChI is InChI=1S/C35H68N2O2/c1-4-6-8-10-12-14-15-16-17-18-19-20-21-23-25-27-33-39-35(38)37(34-28-31-36(3)32-29-34)30-26-24-22-13-11-9-7-5-2/h16-17,34H,4-15,18-33H2,1-3H3. The van der Waals surface area contributed by atoms with Gasteiger partial charge in [0.2, 0.25) is 0 Å². The number of carbonyl (C=O) groups is 1. The van der Waals surface area contributed by atoms with Gasteiger partial charge in [-0.1, -0.05) is 129 Å². The summed E-state index contributed by atoms with van der Waals surface area (Å²) in [5.74, 6) is 0. The maximum absolute atomic E-state index is 13.0. The van der Waals surface area contributed by atoms with E-state index in [0.29, 0.717) is 12.6 Å². The first-order valence-corrected chi connectivity index (χ1v) is 17.5. The molecule has 4 nitrogen and oxygen atoms in total. The van der Waals surface area contributed by atoms with Gasteiger partial charge >= 0.3 is 6.09 Å². The predicted molar refractivity (Wildman–Crippen MR) is 171 cm³/mol. The van der Waals surface area contributed by atoms with Gasteiger partial charge in [0.25, 0.3) is 0 Å². The molecule has 0 radical (unpaired) electrons. The van der Waals surface area contributed by atoms with Gasteiger partial charge in [0.1, 0.15) is 0 Å². The number of hydrogen-bond acceptors (Lipinski definition) is 3. The third kappa shape index (κ3) is 21.4. The highest BCUT2D eigenvalue weighted by Gasteiger charge is 2.27. The van der Waals surface area contributed by atoms with Crippen molar-refractivity contribution in [3.05, 3.63) is 12.2 Å². The Bertz CT molecular complexity index is 557.